The predicted octanol–water partition coefficient (Wildman–Crippen LogP) is 4.75. The largest absolute Gasteiger partial charge is 0.494 e. The zero-order valence-corrected chi connectivity index (χ0v) is 12.3. The number of benzene rings is 2. The second kappa shape index (κ2) is 7.04. The van der Waals surface area contributed by atoms with E-state index in [4.69, 9.17) is 4.74 Å². The molecule has 0 aliphatic rings. The van der Waals surface area contributed by atoms with Gasteiger partial charge in [0.1, 0.15) is 5.75 Å². The van der Waals surface area contributed by atoms with E-state index in [1.165, 1.54) is 18.2 Å². The van der Waals surface area contributed by atoms with Crippen LogP contribution in [0.5, 0.6) is 5.75 Å². The number of hydrogen-bond acceptors (Lipinski definition) is 2. The minimum absolute atomic E-state index is 0.302. The highest BCUT2D eigenvalue weighted by Gasteiger charge is 2.33. The van der Waals surface area contributed by atoms with Crippen molar-refractivity contribution in [3.8, 4) is 5.75 Å². The second-order valence-corrected chi connectivity index (χ2v) is 4.58. The van der Waals surface area contributed by atoms with Crippen molar-refractivity contribution in [2.45, 2.75) is 13.1 Å². The van der Waals surface area contributed by atoms with Crippen LogP contribution in [0, 0.1) is 0 Å². The van der Waals surface area contributed by atoms with Crippen molar-refractivity contribution in [3.05, 3.63) is 54.1 Å². The molecule has 4 nitrogen and oxygen atoms in total. The number of carbonyl (C=O) groups excluding carboxylic acids is 1. The molecule has 2 aromatic rings. The van der Waals surface area contributed by atoms with Crippen LogP contribution >= 0.6 is 0 Å². The quantitative estimate of drug-likeness (QED) is 0.853. The highest BCUT2D eigenvalue weighted by molar-refractivity contribution is 6.00. The van der Waals surface area contributed by atoms with Crippen molar-refractivity contribution < 1.29 is 22.7 Å². The average Bonchev–Trinajstić information content (AvgIpc) is 2.49. The maximum atomic E-state index is 12.9. The SMILES string of the molecule is CCOc1ccc(NC(=O)Nc2ccccc2C(F)(F)F)cc1. The van der Waals surface area contributed by atoms with Gasteiger partial charge < -0.3 is 15.4 Å². The van der Waals surface area contributed by atoms with E-state index in [0.29, 0.717) is 18.0 Å². The fourth-order valence-corrected chi connectivity index (χ4v) is 1.93. The van der Waals surface area contributed by atoms with Crippen LogP contribution in [0.25, 0.3) is 0 Å². The Morgan fingerprint density at radius 3 is 2.30 bits per heavy atom. The summed E-state index contributed by atoms with van der Waals surface area (Å²) < 4.78 is 43.8. The first-order valence-electron chi connectivity index (χ1n) is 6.87. The van der Waals surface area contributed by atoms with E-state index in [0.717, 1.165) is 6.07 Å². The minimum atomic E-state index is -4.54. The van der Waals surface area contributed by atoms with E-state index < -0.39 is 17.8 Å². The number of nitrogens with one attached hydrogen (secondary N) is 2. The Bertz CT molecular complexity index is 670. The van der Waals surface area contributed by atoms with Gasteiger partial charge in [-0.25, -0.2) is 4.79 Å². The van der Waals surface area contributed by atoms with Crippen LogP contribution in [0.3, 0.4) is 0 Å². The van der Waals surface area contributed by atoms with Crippen molar-refractivity contribution in [2.75, 3.05) is 17.2 Å². The van der Waals surface area contributed by atoms with Crippen LogP contribution in [-0.2, 0) is 6.18 Å². The van der Waals surface area contributed by atoms with Gasteiger partial charge in [-0.2, -0.15) is 13.2 Å². The van der Waals surface area contributed by atoms with Crippen molar-refractivity contribution in [1.29, 1.82) is 0 Å². The molecule has 0 bridgehead atoms. The van der Waals surface area contributed by atoms with E-state index in [1.807, 2.05) is 6.92 Å². The lowest BCUT2D eigenvalue weighted by molar-refractivity contribution is -0.136. The number of hydrogen-bond donors (Lipinski definition) is 2. The lowest BCUT2D eigenvalue weighted by Gasteiger charge is -2.14. The summed E-state index contributed by atoms with van der Waals surface area (Å²) in [6.07, 6.45) is -4.54. The molecular formula is C16H15F3N2O2. The summed E-state index contributed by atoms with van der Waals surface area (Å²) >= 11 is 0. The molecule has 2 rings (SSSR count). The Hall–Kier alpha value is -2.70. The van der Waals surface area contributed by atoms with E-state index >= 15 is 0 Å². The molecule has 0 heterocycles. The van der Waals surface area contributed by atoms with Crippen LogP contribution in [0.15, 0.2) is 48.5 Å². The normalized spacial score (nSPS) is 11.0. The molecule has 2 aromatic carbocycles. The van der Waals surface area contributed by atoms with E-state index in [1.54, 1.807) is 24.3 Å². The number of rotatable bonds is 4. The number of carbonyl (C=O) groups is 1. The van der Waals surface area contributed by atoms with Crippen LogP contribution in [0.4, 0.5) is 29.3 Å². The smallest absolute Gasteiger partial charge is 0.418 e. The highest BCUT2D eigenvalue weighted by atomic mass is 19.4. The van der Waals surface area contributed by atoms with Crippen LogP contribution in [0.1, 0.15) is 12.5 Å². The molecular weight excluding hydrogens is 309 g/mol. The van der Waals surface area contributed by atoms with E-state index in [9.17, 15) is 18.0 Å². The summed E-state index contributed by atoms with van der Waals surface area (Å²) in [6, 6.07) is 10.5. The molecule has 0 aromatic heterocycles. The third kappa shape index (κ3) is 4.64. The first-order valence-corrected chi connectivity index (χ1v) is 6.87. The number of urea groups is 1. The summed E-state index contributed by atoms with van der Waals surface area (Å²) in [5.74, 6) is 0.640. The van der Waals surface area contributed by atoms with Gasteiger partial charge in [-0.15, -0.1) is 0 Å². The maximum absolute atomic E-state index is 12.9. The zero-order valence-electron chi connectivity index (χ0n) is 12.3. The summed E-state index contributed by atoms with van der Waals surface area (Å²) in [6.45, 7) is 2.36. The molecule has 0 aliphatic carbocycles. The minimum Gasteiger partial charge on any atom is -0.494 e. The molecule has 0 atom stereocenters. The highest BCUT2D eigenvalue weighted by Crippen LogP contribution is 2.34. The molecule has 2 N–H and O–H groups in total. The van der Waals surface area contributed by atoms with Crippen molar-refractivity contribution in [1.82, 2.24) is 0 Å². The molecule has 0 unspecified atom stereocenters. The van der Waals surface area contributed by atoms with Crippen LogP contribution < -0.4 is 15.4 Å². The van der Waals surface area contributed by atoms with Crippen molar-refractivity contribution in [2.24, 2.45) is 0 Å². The van der Waals surface area contributed by atoms with Crippen LogP contribution in [0.2, 0.25) is 0 Å². The molecule has 0 radical (unpaired) electrons. The Morgan fingerprint density at radius 1 is 1.04 bits per heavy atom. The molecule has 0 fully saturated rings. The number of para-hydroxylation sites is 1. The molecule has 7 heteroatoms. The van der Waals surface area contributed by atoms with Crippen LogP contribution in [-0.4, -0.2) is 12.6 Å². The summed E-state index contributed by atoms with van der Waals surface area (Å²) in [4.78, 5) is 11.9. The molecule has 0 aliphatic heterocycles. The summed E-state index contributed by atoms with van der Waals surface area (Å²) in [5, 5.41) is 4.67. The first-order chi connectivity index (χ1) is 10.9. The third-order valence-corrected chi connectivity index (χ3v) is 2.90. The maximum Gasteiger partial charge on any atom is 0.418 e. The number of alkyl halides is 3. The lowest BCUT2D eigenvalue weighted by atomic mass is 10.1. The molecule has 0 saturated heterocycles. The Balaban J connectivity index is 2.05. The van der Waals surface area contributed by atoms with Gasteiger partial charge in [0.15, 0.2) is 0 Å². The molecule has 0 spiro atoms. The van der Waals surface area contributed by atoms with Gasteiger partial charge in [0, 0.05) is 5.69 Å². The predicted molar refractivity (Wildman–Crippen MR) is 81.7 cm³/mol. The number of ether oxygens (including phenoxy) is 1. The Kier molecular flexibility index (Phi) is 5.10. The third-order valence-electron chi connectivity index (χ3n) is 2.90. The Labute approximate surface area is 131 Å². The van der Waals surface area contributed by atoms with Gasteiger partial charge >= 0.3 is 12.2 Å². The second-order valence-electron chi connectivity index (χ2n) is 4.58. The standard InChI is InChI=1S/C16H15F3N2O2/c1-2-23-12-9-7-11(8-10-12)20-15(22)21-14-6-4-3-5-13(14)16(17,18)19/h3-10H,2H2,1H3,(H2,20,21,22). The monoisotopic (exact) mass is 324 g/mol. The topological polar surface area (TPSA) is 50.4 Å². The van der Waals surface area contributed by atoms with Gasteiger partial charge in [-0.3, -0.25) is 0 Å². The molecule has 0 saturated carbocycles. The van der Waals surface area contributed by atoms with E-state index in [2.05, 4.69) is 10.6 Å². The number of anilines is 2. The van der Waals surface area contributed by atoms with Gasteiger partial charge in [-0.1, -0.05) is 12.1 Å². The van der Waals surface area contributed by atoms with Gasteiger partial charge in [0.05, 0.1) is 17.9 Å². The van der Waals surface area contributed by atoms with Gasteiger partial charge in [0.2, 0.25) is 0 Å². The first kappa shape index (κ1) is 16.7. The molecule has 23 heavy (non-hydrogen) atoms. The lowest BCUT2D eigenvalue weighted by Crippen LogP contribution is -2.21. The summed E-state index contributed by atoms with van der Waals surface area (Å²) in [7, 11) is 0. The van der Waals surface area contributed by atoms with Gasteiger partial charge in [0.25, 0.3) is 0 Å². The Morgan fingerprint density at radius 2 is 1.70 bits per heavy atom. The van der Waals surface area contributed by atoms with Gasteiger partial charge in [-0.05, 0) is 43.3 Å². The average molecular weight is 324 g/mol. The van der Waals surface area contributed by atoms with E-state index in [-0.39, 0.29) is 5.69 Å². The zero-order chi connectivity index (χ0) is 16.9. The van der Waals surface area contributed by atoms with Crippen molar-refractivity contribution in [3.63, 3.8) is 0 Å². The number of halogens is 3. The van der Waals surface area contributed by atoms with Crippen molar-refractivity contribution >= 4 is 17.4 Å². The number of amides is 2. The fourth-order valence-electron chi connectivity index (χ4n) is 1.93. The molecule has 122 valence electrons. The fraction of sp³-hybridized carbons (Fsp3) is 0.188. The summed E-state index contributed by atoms with van der Waals surface area (Å²) in [5.41, 5.74) is -0.763. The molecule has 2 amide bonds.